The number of ketones is 1. The average molecular weight is 513 g/mol. The smallest absolute Gasteiger partial charge is 0.476 e. The van der Waals surface area contributed by atoms with Crippen LogP contribution in [0.3, 0.4) is 0 Å². The van der Waals surface area contributed by atoms with Gasteiger partial charge in [-0.15, -0.1) is 0 Å². The molecule has 1 aromatic rings. The molecule has 1 saturated heterocycles. The number of halogens is 3. The topological polar surface area (TPSA) is 191 Å². The van der Waals surface area contributed by atoms with Crippen LogP contribution in [-0.4, -0.2) is 69.8 Å². The molecule has 0 aliphatic carbocycles. The van der Waals surface area contributed by atoms with Gasteiger partial charge in [0.05, 0.1) is 5.92 Å². The SMILES string of the molecule is CO/N=C(/C(=O)C[C@@H]1C(=O)N2C(C(=O)O)=C(OS(=O)(=O)C(F)(F)F)CC[C@H]12)c1nsc(N)n1. The summed E-state index contributed by atoms with van der Waals surface area (Å²) < 4.78 is 68.3. The predicted octanol–water partition coefficient (Wildman–Crippen LogP) is 0.213. The number of carbonyl (C=O) groups excluding carboxylic acids is 2. The van der Waals surface area contributed by atoms with E-state index in [0.29, 0.717) is 4.90 Å². The fraction of sp³-hybridized carbons (Fsp3) is 0.467. The number of carbonyl (C=O) groups is 3. The molecule has 180 valence electrons. The molecule has 1 amide bonds. The van der Waals surface area contributed by atoms with Crippen molar-refractivity contribution in [1.29, 1.82) is 0 Å². The van der Waals surface area contributed by atoms with Crippen LogP contribution in [0.2, 0.25) is 0 Å². The lowest BCUT2D eigenvalue weighted by atomic mass is 9.77. The number of oxime groups is 1. The van der Waals surface area contributed by atoms with Crippen LogP contribution in [-0.2, 0) is 33.5 Å². The molecule has 2 aliphatic heterocycles. The lowest BCUT2D eigenvalue weighted by Crippen LogP contribution is -2.63. The van der Waals surface area contributed by atoms with Gasteiger partial charge in [0.25, 0.3) is 0 Å². The molecule has 33 heavy (non-hydrogen) atoms. The number of nitrogen functional groups attached to an aromatic ring is 1. The van der Waals surface area contributed by atoms with E-state index in [2.05, 4.69) is 23.5 Å². The number of hydrogen-bond acceptors (Lipinski definition) is 12. The lowest BCUT2D eigenvalue weighted by molar-refractivity contribution is -0.160. The van der Waals surface area contributed by atoms with E-state index in [0.717, 1.165) is 18.6 Å². The zero-order valence-corrected chi connectivity index (χ0v) is 18.0. The summed E-state index contributed by atoms with van der Waals surface area (Å²) in [5, 5.41) is 13.0. The van der Waals surface area contributed by atoms with Crippen LogP contribution in [0.1, 0.15) is 25.1 Å². The standard InChI is InChI=1S/C15H14F3N5O8S2/c1-30-21-9(11-20-14(19)32-22-11)7(24)4-5-6-2-3-8(31-33(28,29)15(16,17)18)10(13(26)27)23(6)12(5)25/h5-6H,2-4H2,1H3,(H,26,27)(H2,19,20,22)/b21-9-/t5-,6+/m0/s1. The van der Waals surface area contributed by atoms with Crippen LogP contribution < -0.4 is 5.73 Å². The maximum atomic E-state index is 12.7. The van der Waals surface area contributed by atoms with Gasteiger partial charge < -0.3 is 19.9 Å². The lowest BCUT2D eigenvalue weighted by Gasteiger charge is -2.49. The summed E-state index contributed by atoms with van der Waals surface area (Å²) in [6.45, 7) is 0. The van der Waals surface area contributed by atoms with Gasteiger partial charge in [0.1, 0.15) is 7.11 Å². The van der Waals surface area contributed by atoms with Gasteiger partial charge in [-0.05, 0) is 6.42 Å². The summed E-state index contributed by atoms with van der Waals surface area (Å²) in [5.41, 5.74) is -1.68. The van der Waals surface area contributed by atoms with Gasteiger partial charge in [-0.2, -0.15) is 30.9 Å². The number of fused-ring (bicyclic) bond motifs is 1. The molecule has 13 nitrogen and oxygen atoms in total. The Hall–Kier alpha value is -3.28. The van der Waals surface area contributed by atoms with E-state index < -0.39 is 69.5 Å². The number of aromatic nitrogens is 2. The largest absolute Gasteiger partial charge is 0.534 e. The van der Waals surface area contributed by atoms with Crippen molar-refractivity contribution in [2.24, 2.45) is 11.1 Å². The molecule has 0 spiro atoms. The molecule has 0 saturated carbocycles. The molecule has 3 heterocycles. The Morgan fingerprint density at radius 3 is 2.58 bits per heavy atom. The highest BCUT2D eigenvalue weighted by atomic mass is 32.2. The molecule has 2 aliphatic rings. The summed E-state index contributed by atoms with van der Waals surface area (Å²) in [5.74, 6) is -5.73. The van der Waals surface area contributed by atoms with Crippen molar-refractivity contribution < 1.29 is 50.1 Å². The number of anilines is 1. The van der Waals surface area contributed by atoms with Crippen molar-refractivity contribution in [3.63, 3.8) is 0 Å². The first-order valence-corrected chi connectivity index (χ1v) is 11.0. The van der Waals surface area contributed by atoms with Crippen molar-refractivity contribution in [2.75, 3.05) is 12.8 Å². The molecule has 2 atom stereocenters. The van der Waals surface area contributed by atoms with Crippen LogP contribution in [0.15, 0.2) is 16.6 Å². The molecular formula is C15H14F3N5O8S2. The quantitative estimate of drug-likeness (QED) is 0.159. The molecular weight excluding hydrogens is 499 g/mol. The van der Waals surface area contributed by atoms with E-state index >= 15 is 0 Å². The normalized spacial score (nSPS) is 21.4. The van der Waals surface area contributed by atoms with Gasteiger partial charge >= 0.3 is 21.6 Å². The average Bonchev–Trinajstić information content (AvgIpc) is 3.14. The Morgan fingerprint density at radius 2 is 2.06 bits per heavy atom. The second-order valence-electron chi connectivity index (χ2n) is 6.69. The van der Waals surface area contributed by atoms with Crippen LogP contribution in [0.25, 0.3) is 0 Å². The molecule has 0 aromatic carbocycles. The Balaban J connectivity index is 1.83. The van der Waals surface area contributed by atoms with E-state index in [1.54, 1.807) is 0 Å². The second-order valence-corrected chi connectivity index (χ2v) is 9.01. The van der Waals surface area contributed by atoms with Gasteiger partial charge in [-0.1, -0.05) is 5.16 Å². The van der Waals surface area contributed by atoms with E-state index in [1.807, 2.05) is 0 Å². The maximum Gasteiger partial charge on any atom is 0.534 e. The van der Waals surface area contributed by atoms with Gasteiger partial charge in [0.15, 0.2) is 28.1 Å². The highest BCUT2D eigenvalue weighted by Gasteiger charge is 2.56. The van der Waals surface area contributed by atoms with Crippen molar-refractivity contribution in [2.45, 2.75) is 30.8 Å². The number of amides is 1. The first kappa shape index (κ1) is 24.4. The molecule has 3 rings (SSSR count). The van der Waals surface area contributed by atoms with Crippen LogP contribution in [0.4, 0.5) is 18.3 Å². The minimum atomic E-state index is -6.14. The fourth-order valence-electron chi connectivity index (χ4n) is 3.38. The molecule has 18 heteroatoms. The van der Waals surface area contributed by atoms with Crippen molar-refractivity contribution in [3.8, 4) is 0 Å². The van der Waals surface area contributed by atoms with Gasteiger partial charge in [-0.3, -0.25) is 14.5 Å². The third-order valence-corrected chi connectivity index (χ3v) is 6.25. The highest BCUT2D eigenvalue weighted by Crippen LogP contribution is 2.43. The molecule has 3 N–H and O–H groups in total. The fourth-order valence-corrected chi connectivity index (χ4v) is 4.34. The number of allylic oxidation sites excluding steroid dienone is 1. The maximum absolute atomic E-state index is 12.7. The number of carboxylic acid groups (broad SMARTS) is 1. The predicted molar refractivity (Wildman–Crippen MR) is 102 cm³/mol. The molecule has 0 radical (unpaired) electrons. The summed E-state index contributed by atoms with van der Waals surface area (Å²) in [4.78, 5) is 45.9. The van der Waals surface area contributed by atoms with E-state index in [9.17, 15) is 41.1 Å². The second kappa shape index (κ2) is 8.58. The Labute approximate surface area is 186 Å². The van der Waals surface area contributed by atoms with E-state index in [4.69, 9.17) is 5.73 Å². The summed E-state index contributed by atoms with van der Waals surface area (Å²) in [7, 11) is -4.99. The van der Waals surface area contributed by atoms with Crippen molar-refractivity contribution in [1.82, 2.24) is 14.3 Å². The number of nitrogens with zero attached hydrogens (tertiary/aromatic N) is 4. The Kier molecular flexibility index (Phi) is 6.33. The summed E-state index contributed by atoms with van der Waals surface area (Å²) in [6.07, 6.45) is -1.15. The molecule has 0 bridgehead atoms. The third kappa shape index (κ3) is 4.47. The van der Waals surface area contributed by atoms with Crippen LogP contribution >= 0.6 is 11.5 Å². The summed E-state index contributed by atoms with van der Waals surface area (Å²) in [6, 6.07) is -0.897. The number of β-lactam (4-membered cyclic amide) rings is 1. The first-order valence-electron chi connectivity index (χ1n) is 8.82. The van der Waals surface area contributed by atoms with E-state index in [1.165, 1.54) is 0 Å². The number of hydrogen-bond donors (Lipinski definition) is 2. The third-order valence-electron chi connectivity index (χ3n) is 4.72. The van der Waals surface area contributed by atoms with Gasteiger partial charge in [-0.25, -0.2) is 4.79 Å². The highest BCUT2D eigenvalue weighted by molar-refractivity contribution is 7.87. The number of nitrogens with two attached hydrogens (primary N) is 1. The van der Waals surface area contributed by atoms with Crippen molar-refractivity contribution in [3.05, 3.63) is 17.3 Å². The number of rotatable bonds is 8. The van der Waals surface area contributed by atoms with Gasteiger partial charge in [0.2, 0.25) is 11.7 Å². The Morgan fingerprint density at radius 1 is 1.39 bits per heavy atom. The summed E-state index contributed by atoms with van der Waals surface area (Å²) >= 11 is 0.782. The number of aliphatic carboxylic acids is 1. The molecule has 1 fully saturated rings. The number of carboxylic acids is 1. The van der Waals surface area contributed by atoms with Gasteiger partial charge in [0, 0.05) is 30.4 Å². The van der Waals surface area contributed by atoms with E-state index in [-0.39, 0.29) is 23.1 Å². The zero-order chi connectivity index (χ0) is 24.7. The van der Waals surface area contributed by atoms with Crippen LogP contribution in [0.5, 0.6) is 0 Å². The molecule has 0 unspecified atom stereocenters. The molecule has 1 aromatic heterocycles. The minimum Gasteiger partial charge on any atom is -0.476 e. The van der Waals surface area contributed by atoms with Crippen LogP contribution in [0, 0.1) is 5.92 Å². The minimum absolute atomic E-state index is 0.0392. The Bertz CT molecular complexity index is 1180. The van der Waals surface area contributed by atoms with Crippen molar-refractivity contribution >= 4 is 50.2 Å². The first-order chi connectivity index (χ1) is 15.3. The zero-order valence-electron chi connectivity index (χ0n) is 16.4. The number of Topliss-reactive ketones (excluding diaryl/α,β-unsaturated/α-hetero) is 1. The monoisotopic (exact) mass is 513 g/mol. The number of alkyl halides is 3.